The Kier molecular flexibility index (Phi) is 6.87. The average molecular weight is 359 g/mol. The smallest absolute Gasteiger partial charge is 0.0340 e. The van der Waals surface area contributed by atoms with E-state index < -0.39 is 0 Å². The van der Waals surface area contributed by atoms with Gasteiger partial charge >= 0.3 is 0 Å². The standard InChI is InChI=1S/C14H17Br2N/c1-3-5-6-7-14(17-4-2)12-10-11(15)8-9-13(12)16/h8-10,14,17H,4,6-7H2,1-2H3. The molecule has 1 aromatic carbocycles. The Morgan fingerprint density at radius 1 is 1.35 bits per heavy atom. The van der Waals surface area contributed by atoms with Gasteiger partial charge in [-0.3, -0.25) is 0 Å². The minimum absolute atomic E-state index is 0.354. The highest BCUT2D eigenvalue weighted by Crippen LogP contribution is 2.29. The molecule has 1 unspecified atom stereocenters. The highest BCUT2D eigenvalue weighted by molar-refractivity contribution is 9.11. The van der Waals surface area contributed by atoms with Crippen LogP contribution in [-0.4, -0.2) is 6.54 Å². The molecule has 1 aromatic rings. The molecule has 1 rings (SSSR count). The van der Waals surface area contributed by atoms with E-state index in [9.17, 15) is 0 Å². The van der Waals surface area contributed by atoms with Crippen molar-refractivity contribution in [3.05, 3.63) is 32.7 Å². The largest absolute Gasteiger partial charge is 0.310 e. The van der Waals surface area contributed by atoms with Crippen molar-refractivity contribution in [3.8, 4) is 11.8 Å². The SMILES string of the molecule is CC#CCCC(NCC)c1cc(Br)ccc1Br. The second-order valence-corrected chi connectivity index (χ2v) is 5.51. The summed E-state index contributed by atoms with van der Waals surface area (Å²) in [6.45, 7) is 4.98. The van der Waals surface area contributed by atoms with Crippen molar-refractivity contribution in [2.75, 3.05) is 6.54 Å². The van der Waals surface area contributed by atoms with Gasteiger partial charge in [0.05, 0.1) is 0 Å². The van der Waals surface area contributed by atoms with Crippen LogP contribution in [0, 0.1) is 11.8 Å². The van der Waals surface area contributed by atoms with E-state index in [2.05, 4.69) is 68.1 Å². The summed E-state index contributed by atoms with van der Waals surface area (Å²) in [6, 6.07) is 6.64. The van der Waals surface area contributed by atoms with E-state index in [4.69, 9.17) is 0 Å². The Labute approximate surface area is 121 Å². The van der Waals surface area contributed by atoms with Crippen molar-refractivity contribution >= 4 is 31.9 Å². The summed E-state index contributed by atoms with van der Waals surface area (Å²) in [6.07, 6.45) is 1.96. The van der Waals surface area contributed by atoms with Gasteiger partial charge in [0.1, 0.15) is 0 Å². The topological polar surface area (TPSA) is 12.0 Å². The van der Waals surface area contributed by atoms with Gasteiger partial charge in [0, 0.05) is 21.4 Å². The molecule has 0 bridgehead atoms. The molecule has 0 aliphatic heterocycles. The molecule has 17 heavy (non-hydrogen) atoms. The van der Waals surface area contributed by atoms with E-state index >= 15 is 0 Å². The Morgan fingerprint density at radius 2 is 2.12 bits per heavy atom. The van der Waals surface area contributed by atoms with Crippen molar-refractivity contribution in [2.24, 2.45) is 0 Å². The van der Waals surface area contributed by atoms with Gasteiger partial charge in [-0.1, -0.05) is 38.8 Å². The number of hydrogen-bond acceptors (Lipinski definition) is 1. The van der Waals surface area contributed by atoms with Gasteiger partial charge in [0.15, 0.2) is 0 Å². The monoisotopic (exact) mass is 357 g/mol. The fourth-order valence-electron chi connectivity index (χ4n) is 1.74. The summed E-state index contributed by atoms with van der Waals surface area (Å²) < 4.78 is 2.26. The van der Waals surface area contributed by atoms with Crippen LogP contribution in [0.25, 0.3) is 0 Å². The average Bonchev–Trinajstić information content (AvgIpc) is 2.32. The minimum Gasteiger partial charge on any atom is -0.310 e. The highest BCUT2D eigenvalue weighted by Gasteiger charge is 2.13. The first-order valence-electron chi connectivity index (χ1n) is 5.77. The van der Waals surface area contributed by atoms with Crippen LogP contribution in [0.15, 0.2) is 27.1 Å². The molecule has 1 nitrogen and oxygen atoms in total. The van der Waals surface area contributed by atoms with Gasteiger partial charge in [-0.25, -0.2) is 0 Å². The zero-order valence-corrected chi connectivity index (χ0v) is 13.4. The zero-order valence-electron chi connectivity index (χ0n) is 10.2. The number of nitrogens with one attached hydrogen (secondary N) is 1. The summed E-state index contributed by atoms with van der Waals surface area (Å²) in [5.74, 6) is 6.07. The van der Waals surface area contributed by atoms with E-state index in [1.54, 1.807) is 0 Å². The molecule has 0 radical (unpaired) electrons. The third-order valence-electron chi connectivity index (χ3n) is 2.52. The van der Waals surface area contributed by atoms with Gasteiger partial charge in [-0.15, -0.1) is 11.8 Å². The molecule has 0 heterocycles. The molecule has 0 saturated carbocycles. The normalized spacial score (nSPS) is 11.8. The molecule has 92 valence electrons. The molecule has 0 aliphatic rings. The lowest BCUT2D eigenvalue weighted by molar-refractivity contribution is 0.520. The third kappa shape index (κ3) is 4.83. The van der Waals surface area contributed by atoms with Gasteiger partial charge in [0.2, 0.25) is 0 Å². The maximum Gasteiger partial charge on any atom is 0.0340 e. The van der Waals surface area contributed by atoms with Crippen LogP contribution in [0.1, 0.15) is 38.3 Å². The lowest BCUT2D eigenvalue weighted by Crippen LogP contribution is -2.21. The molecule has 0 aromatic heterocycles. The van der Waals surface area contributed by atoms with Crippen LogP contribution in [0.5, 0.6) is 0 Å². The van der Waals surface area contributed by atoms with E-state index in [-0.39, 0.29) is 0 Å². The van der Waals surface area contributed by atoms with Crippen LogP contribution < -0.4 is 5.32 Å². The van der Waals surface area contributed by atoms with Gasteiger partial charge in [0.25, 0.3) is 0 Å². The predicted octanol–water partition coefficient (Wildman–Crippen LogP) is 4.67. The Bertz CT molecular complexity index is 418. The van der Waals surface area contributed by atoms with E-state index in [0.717, 1.165) is 28.3 Å². The first-order chi connectivity index (χ1) is 8.19. The first-order valence-corrected chi connectivity index (χ1v) is 7.35. The van der Waals surface area contributed by atoms with Crippen LogP contribution in [0.2, 0.25) is 0 Å². The highest BCUT2D eigenvalue weighted by atomic mass is 79.9. The molecule has 0 amide bonds. The molecule has 1 N–H and O–H groups in total. The van der Waals surface area contributed by atoms with E-state index in [0.29, 0.717) is 6.04 Å². The summed E-state index contributed by atoms with van der Waals surface area (Å²) in [4.78, 5) is 0. The fraction of sp³-hybridized carbons (Fsp3) is 0.429. The summed E-state index contributed by atoms with van der Waals surface area (Å²) in [7, 11) is 0. The lowest BCUT2D eigenvalue weighted by atomic mass is 10.0. The second-order valence-electron chi connectivity index (χ2n) is 3.74. The van der Waals surface area contributed by atoms with E-state index in [1.807, 2.05) is 13.0 Å². The summed E-state index contributed by atoms with van der Waals surface area (Å²) >= 11 is 7.13. The first kappa shape index (κ1) is 14.8. The van der Waals surface area contributed by atoms with Gasteiger partial charge in [-0.2, -0.15) is 0 Å². The summed E-state index contributed by atoms with van der Waals surface area (Å²) in [5.41, 5.74) is 1.29. The lowest BCUT2D eigenvalue weighted by Gasteiger charge is -2.19. The number of rotatable bonds is 5. The number of benzene rings is 1. The second kappa shape index (κ2) is 7.92. The maximum atomic E-state index is 3.61. The van der Waals surface area contributed by atoms with Gasteiger partial charge < -0.3 is 5.32 Å². The maximum absolute atomic E-state index is 3.61. The minimum atomic E-state index is 0.354. The molecule has 0 saturated heterocycles. The Hall–Kier alpha value is -0.300. The zero-order chi connectivity index (χ0) is 12.7. The van der Waals surface area contributed by atoms with Crippen LogP contribution >= 0.6 is 31.9 Å². The third-order valence-corrected chi connectivity index (χ3v) is 3.73. The Balaban J connectivity index is 2.86. The quantitative estimate of drug-likeness (QED) is 0.754. The van der Waals surface area contributed by atoms with Crippen LogP contribution in [0.3, 0.4) is 0 Å². The predicted molar refractivity (Wildman–Crippen MR) is 80.9 cm³/mol. The molecular formula is C14H17Br2N. The van der Waals surface area contributed by atoms with Crippen molar-refractivity contribution in [3.63, 3.8) is 0 Å². The van der Waals surface area contributed by atoms with Crippen molar-refractivity contribution in [1.29, 1.82) is 0 Å². The molecule has 0 spiro atoms. The molecule has 0 aliphatic carbocycles. The van der Waals surface area contributed by atoms with E-state index in [1.165, 1.54) is 5.56 Å². The molecule has 1 atom stereocenters. The van der Waals surface area contributed by atoms with Crippen molar-refractivity contribution in [2.45, 2.75) is 32.7 Å². The Morgan fingerprint density at radius 3 is 2.76 bits per heavy atom. The molecule has 0 fully saturated rings. The van der Waals surface area contributed by atoms with Crippen LogP contribution in [0.4, 0.5) is 0 Å². The van der Waals surface area contributed by atoms with Crippen molar-refractivity contribution in [1.82, 2.24) is 5.32 Å². The fourth-order valence-corrected chi connectivity index (χ4v) is 2.64. The number of halogens is 2. The number of hydrogen-bond donors (Lipinski definition) is 1. The summed E-state index contributed by atoms with van der Waals surface area (Å²) in [5, 5.41) is 3.51. The molecule has 3 heteroatoms. The van der Waals surface area contributed by atoms with Gasteiger partial charge in [-0.05, 0) is 43.7 Å². The van der Waals surface area contributed by atoms with Crippen molar-refractivity contribution < 1.29 is 0 Å². The molecular weight excluding hydrogens is 342 g/mol. The van der Waals surface area contributed by atoms with Crippen LogP contribution in [-0.2, 0) is 0 Å².